The van der Waals surface area contributed by atoms with Gasteiger partial charge in [0.2, 0.25) is 0 Å². The first kappa shape index (κ1) is 8.65. The number of carbonyl (C=O) groups excluding carboxylic acids is 1. The van der Waals surface area contributed by atoms with Gasteiger partial charge in [-0.2, -0.15) is 0 Å². The van der Waals surface area contributed by atoms with Gasteiger partial charge in [-0.25, -0.2) is 4.39 Å². The van der Waals surface area contributed by atoms with E-state index in [0.717, 1.165) is 0 Å². The normalized spacial score (nSPS) is 10.4. The zero-order valence-corrected chi connectivity index (χ0v) is 6.53. The molecule has 0 saturated heterocycles. The molecule has 1 rings (SSSR count). The highest BCUT2D eigenvalue weighted by Gasteiger charge is 1.95. The summed E-state index contributed by atoms with van der Waals surface area (Å²) >= 11 is 0. The molecule has 0 amide bonds. The van der Waals surface area contributed by atoms with Crippen molar-refractivity contribution in [3.8, 4) is 0 Å². The van der Waals surface area contributed by atoms with Crippen LogP contribution in [0.5, 0.6) is 0 Å². The van der Waals surface area contributed by atoms with Crippen LogP contribution in [0.25, 0.3) is 0 Å². The second-order valence-corrected chi connectivity index (χ2v) is 2.36. The monoisotopic (exact) mass is 164 g/mol. The Balaban J connectivity index is 2.69. The fourth-order valence-electron chi connectivity index (χ4n) is 0.915. The summed E-state index contributed by atoms with van der Waals surface area (Å²) in [5.41, 5.74) is 0.607. The quantitative estimate of drug-likeness (QED) is 0.494. The summed E-state index contributed by atoms with van der Waals surface area (Å²) in [6, 6.07) is 6.52. The van der Waals surface area contributed by atoms with E-state index in [-0.39, 0.29) is 5.82 Å². The molecule has 0 heterocycles. The summed E-state index contributed by atoms with van der Waals surface area (Å²) in [6.45, 7) is 0. The zero-order chi connectivity index (χ0) is 8.81. The number of halogens is 1. The summed E-state index contributed by atoms with van der Waals surface area (Å²) in [5, 5.41) is 0. The first-order valence-corrected chi connectivity index (χ1v) is 3.68. The van der Waals surface area contributed by atoms with Crippen molar-refractivity contribution in [3.63, 3.8) is 0 Å². The number of allylic oxidation sites excluding steroid dienone is 2. The van der Waals surface area contributed by atoms with E-state index in [1.165, 1.54) is 12.1 Å². The van der Waals surface area contributed by atoms with Gasteiger partial charge in [-0.1, -0.05) is 24.3 Å². The van der Waals surface area contributed by atoms with E-state index in [1.54, 1.807) is 24.3 Å². The third-order valence-corrected chi connectivity index (χ3v) is 1.51. The van der Waals surface area contributed by atoms with Crippen LogP contribution in [0, 0.1) is 5.82 Å². The van der Waals surface area contributed by atoms with Crippen molar-refractivity contribution in [2.24, 2.45) is 0 Å². The molecule has 1 aromatic rings. The first-order chi connectivity index (χ1) is 5.84. The molecular formula is C10H9FO. The van der Waals surface area contributed by atoms with Crippen LogP contribution in [-0.4, -0.2) is 6.29 Å². The van der Waals surface area contributed by atoms with Crippen molar-refractivity contribution < 1.29 is 9.18 Å². The maximum Gasteiger partial charge on any atom is 0.142 e. The van der Waals surface area contributed by atoms with E-state index in [0.29, 0.717) is 18.3 Å². The molecule has 1 aromatic carbocycles. The van der Waals surface area contributed by atoms with Crippen molar-refractivity contribution in [2.75, 3.05) is 0 Å². The summed E-state index contributed by atoms with van der Waals surface area (Å²) in [7, 11) is 0. The molecule has 0 fully saturated rings. The van der Waals surface area contributed by atoms with Gasteiger partial charge in [0, 0.05) is 0 Å². The van der Waals surface area contributed by atoms with E-state index in [2.05, 4.69) is 0 Å². The molecule has 2 heteroatoms. The van der Waals surface area contributed by atoms with Crippen LogP contribution in [0.2, 0.25) is 0 Å². The lowest BCUT2D eigenvalue weighted by molar-refractivity contribution is -0.104. The Morgan fingerprint density at radius 3 is 2.75 bits per heavy atom. The average molecular weight is 164 g/mol. The van der Waals surface area contributed by atoms with Gasteiger partial charge in [0.1, 0.15) is 12.1 Å². The minimum Gasteiger partial charge on any atom is -0.299 e. The maximum absolute atomic E-state index is 12.9. The van der Waals surface area contributed by atoms with Crippen molar-refractivity contribution in [1.29, 1.82) is 0 Å². The highest BCUT2D eigenvalue weighted by molar-refractivity contribution is 5.64. The summed E-state index contributed by atoms with van der Waals surface area (Å²) in [5.74, 6) is -0.229. The lowest BCUT2D eigenvalue weighted by atomic mass is 10.1. The largest absolute Gasteiger partial charge is 0.299 e. The van der Waals surface area contributed by atoms with E-state index in [1.807, 2.05) is 0 Å². The second-order valence-electron chi connectivity index (χ2n) is 2.36. The Morgan fingerprint density at radius 2 is 2.08 bits per heavy atom. The van der Waals surface area contributed by atoms with Crippen LogP contribution in [0.1, 0.15) is 5.56 Å². The minimum atomic E-state index is -0.229. The summed E-state index contributed by atoms with van der Waals surface area (Å²) in [6.07, 6.45) is 4.14. The van der Waals surface area contributed by atoms with Crippen LogP contribution >= 0.6 is 0 Å². The smallest absolute Gasteiger partial charge is 0.142 e. The fraction of sp³-hybridized carbons (Fsp3) is 0.100. The lowest BCUT2D eigenvalue weighted by Gasteiger charge is -1.96. The molecule has 0 aliphatic heterocycles. The third-order valence-electron chi connectivity index (χ3n) is 1.51. The number of rotatable bonds is 3. The topological polar surface area (TPSA) is 17.1 Å². The van der Waals surface area contributed by atoms with Crippen molar-refractivity contribution in [1.82, 2.24) is 0 Å². The van der Waals surface area contributed by atoms with Gasteiger partial charge in [0.05, 0.1) is 0 Å². The molecule has 0 spiro atoms. The Hall–Kier alpha value is -1.44. The maximum atomic E-state index is 12.9. The highest BCUT2D eigenvalue weighted by Crippen LogP contribution is 2.06. The van der Waals surface area contributed by atoms with Gasteiger partial charge >= 0.3 is 0 Å². The van der Waals surface area contributed by atoms with Gasteiger partial charge in [-0.05, 0) is 24.1 Å². The number of carbonyl (C=O) groups is 1. The standard InChI is InChI=1S/C10H9FO/c11-10-7-2-1-5-9(10)6-3-4-8-12/h1-5,7-8H,6H2/b4-3+. The molecule has 1 nitrogen and oxygen atoms in total. The molecule has 0 aliphatic carbocycles. The van der Waals surface area contributed by atoms with E-state index in [9.17, 15) is 9.18 Å². The molecule has 0 bridgehead atoms. The Kier molecular flexibility index (Phi) is 3.20. The molecule has 0 radical (unpaired) electrons. The number of aldehydes is 1. The molecule has 0 N–H and O–H groups in total. The lowest BCUT2D eigenvalue weighted by Crippen LogP contribution is -1.86. The average Bonchev–Trinajstić information content (AvgIpc) is 2.09. The SMILES string of the molecule is O=C/C=C/Cc1ccccc1F. The summed E-state index contributed by atoms with van der Waals surface area (Å²) in [4.78, 5) is 9.90. The first-order valence-electron chi connectivity index (χ1n) is 3.68. The second kappa shape index (κ2) is 4.44. The van der Waals surface area contributed by atoms with Crippen LogP contribution in [0.4, 0.5) is 4.39 Å². The molecule has 0 saturated carbocycles. The number of hydrogen-bond acceptors (Lipinski definition) is 1. The van der Waals surface area contributed by atoms with Gasteiger partial charge in [0.15, 0.2) is 0 Å². The molecule has 0 aliphatic rings. The molecule has 0 aromatic heterocycles. The van der Waals surface area contributed by atoms with Gasteiger partial charge in [-0.3, -0.25) is 4.79 Å². The van der Waals surface area contributed by atoms with Crippen molar-refractivity contribution >= 4 is 6.29 Å². The van der Waals surface area contributed by atoms with E-state index < -0.39 is 0 Å². The predicted octanol–water partition coefficient (Wildman–Crippen LogP) is 2.12. The Bertz CT molecular complexity index is 292. The Morgan fingerprint density at radius 1 is 1.33 bits per heavy atom. The van der Waals surface area contributed by atoms with Gasteiger partial charge in [0.25, 0.3) is 0 Å². The molecular weight excluding hydrogens is 155 g/mol. The fourth-order valence-corrected chi connectivity index (χ4v) is 0.915. The van der Waals surface area contributed by atoms with E-state index in [4.69, 9.17) is 0 Å². The highest BCUT2D eigenvalue weighted by atomic mass is 19.1. The van der Waals surface area contributed by atoms with Gasteiger partial charge < -0.3 is 0 Å². The minimum absolute atomic E-state index is 0.229. The summed E-state index contributed by atoms with van der Waals surface area (Å²) < 4.78 is 12.9. The molecule has 0 unspecified atom stereocenters. The van der Waals surface area contributed by atoms with Crippen molar-refractivity contribution in [2.45, 2.75) is 6.42 Å². The molecule has 62 valence electrons. The zero-order valence-electron chi connectivity index (χ0n) is 6.53. The van der Waals surface area contributed by atoms with Crippen LogP contribution in [0.3, 0.4) is 0 Å². The van der Waals surface area contributed by atoms with Crippen molar-refractivity contribution in [3.05, 3.63) is 47.8 Å². The van der Waals surface area contributed by atoms with Crippen LogP contribution < -0.4 is 0 Å². The Labute approximate surface area is 70.5 Å². The van der Waals surface area contributed by atoms with Gasteiger partial charge in [-0.15, -0.1) is 0 Å². The van der Waals surface area contributed by atoms with E-state index >= 15 is 0 Å². The van der Waals surface area contributed by atoms with Crippen LogP contribution in [0.15, 0.2) is 36.4 Å². The number of hydrogen-bond donors (Lipinski definition) is 0. The third kappa shape index (κ3) is 2.31. The number of benzene rings is 1. The molecule has 12 heavy (non-hydrogen) atoms. The predicted molar refractivity (Wildman–Crippen MR) is 45.3 cm³/mol. The molecule has 0 atom stereocenters. The van der Waals surface area contributed by atoms with Crippen LogP contribution in [-0.2, 0) is 11.2 Å².